The average Bonchev–Trinajstić information content (AvgIpc) is 3.76. The summed E-state index contributed by atoms with van der Waals surface area (Å²) in [5.74, 6) is -2.37. The van der Waals surface area contributed by atoms with Crippen molar-refractivity contribution in [1.82, 2.24) is 0 Å². The highest BCUT2D eigenvalue weighted by atomic mass is 28.4. The molecule has 2 aromatic rings. The van der Waals surface area contributed by atoms with Gasteiger partial charge in [0.15, 0.2) is 29.9 Å². The first-order chi connectivity index (χ1) is 22.1. The van der Waals surface area contributed by atoms with E-state index in [0.717, 1.165) is 0 Å². The van der Waals surface area contributed by atoms with E-state index in [9.17, 15) is 0 Å². The third-order valence-corrected chi connectivity index (χ3v) is 14.7. The molecule has 2 aromatic carbocycles. The first-order valence-electron chi connectivity index (χ1n) is 16.8. The lowest BCUT2D eigenvalue weighted by atomic mass is 10.1. The van der Waals surface area contributed by atoms with Crippen LogP contribution in [0.1, 0.15) is 62.3 Å². The van der Waals surface area contributed by atoms with Crippen molar-refractivity contribution in [3.05, 3.63) is 60.7 Å². The van der Waals surface area contributed by atoms with Gasteiger partial charge in [-0.3, -0.25) is 0 Å². The molecule has 258 valence electrons. The van der Waals surface area contributed by atoms with Crippen LogP contribution in [0.2, 0.25) is 5.04 Å². The molecule has 0 spiro atoms. The van der Waals surface area contributed by atoms with Crippen molar-refractivity contribution in [3.8, 4) is 0 Å². The van der Waals surface area contributed by atoms with Crippen molar-refractivity contribution in [2.24, 2.45) is 0 Å². The highest BCUT2D eigenvalue weighted by Gasteiger charge is 2.63. The molecule has 2 unspecified atom stereocenters. The smallest absolute Gasteiger partial charge is 0.261 e. The summed E-state index contributed by atoms with van der Waals surface area (Å²) in [6, 6.07) is 21.1. The number of fused-ring (bicyclic) bond motifs is 2. The van der Waals surface area contributed by atoms with Gasteiger partial charge in [0.1, 0.15) is 42.7 Å². The second kappa shape index (κ2) is 11.9. The number of ether oxygens (including phenoxy) is 9. The molecule has 0 aromatic heterocycles. The Hall–Kier alpha value is -1.74. The van der Waals surface area contributed by atoms with E-state index in [1.54, 1.807) is 0 Å². The van der Waals surface area contributed by atoms with Gasteiger partial charge < -0.3 is 47.1 Å². The summed E-state index contributed by atoms with van der Waals surface area (Å²) in [5, 5.41) is 2.17. The fourth-order valence-corrected chi connectivity index (χ4v) is 12.4. The molecular formula is C36H50O10Si. The summed E-state index contributed by atoms with van der Waals surface area (Å²) in [4.78, 5) is 0. The highest BCUT2D eigenvalue weighted by molar-refractivity contribution is 6.99. The van der Waals surface area contributed by atoms with Crippen molar-refractivity contribution < 1.29 is 47.1 Å². The first-order valence-corrected chi connectivity index (χ1v) is 18.7. The Morgan fingerprint density at radius 2 is 1.26 bits per heavy atom. The zero-order chi connectivity index (χ0) is 33.4. The van der Waals surface area contributed by atoms with Gasteiger partial charge in [-0.15, -0.1) is 0 Å². The van der Waals surface area contributed by atoms with Crippen LogP contribution < -0.4 is 10.4 Å². The molecule has 9 atom stereocenters. The molecule has 0 saturated carbocycles. The predicted octanol–water partition coefficient (Wildman–Crippen LogP) is 4.22. The summed E-state index contributed by atoms with van der Waals surface area (Å²) < 4.78 is 64.8. The number of hydrogen-bond donors (Lipinski definition) is 0. The maximum absolute atomic E-state index is 7.30. The number of hydrogen-bond acceptors (Lipinski definition) is 10. The Balaban J connectivity index is 1.18. The Labute approximate surface area is 279 Å². The fourth-order valence-electron chi connectivity index (χ4n) is 7.85. The molecule has 0 radical (unpaired) electrons. The molecule has 5 heterocycles. The van der Waals surface area contributed by atoms with Crippen LogP contribution in [0.3, 0.4) is 0 Å². The highest BCUT2D eigenvalue weighted by Crippen LogP contribution is 2.46. The van der Waals surface area contributed by atoms with Crippen LogP contribution >= 0.6 is 0 Å². The molecule has 47 heavy (non-hydrogen) atoms. The zero-order valence-corrected chi connectivity index (χ0v) is 30.0. The lowest BCUT2D eigenvalue weighted by Crippen LogP contribution is -2.67. The Kier molecular flexibility index (Phi) is 8.58. The number of rotatable bonds is 8. The minimum absolute atomic E-state index is 0.206. The molecule has 5 fully saturated rings. The SMILES string of the molecule is CC1(C)OCC([C@H]2OC(O[C@@H]3[C@H]4OC(C)(C)O[C@H]4O[C@@H]3CO[Si](c3ccccc3)(c3ccccc3)C(C)(C)C)[C@H]3OC(C)(C)O[C@@H]23)O1. The van der Waals surface area contributed by atoms with E-state index in [1.807, 2.05) is 53.7 Å². The van der Waals surface area contributed by atoms with Crippen molar-refractivity contribution >= 4 is 18.7 Å². The van der Waals surface area contributed by atoms with Gasteiger partial charge in [0.25, 0.3) is 8.32 Å². The van der Waals surface area contributed by atoms with Gasteiger partial charge in [-0.25, -0.2) is 0 Å². The van der Waals surface area contributed by atoms with E-state index < -0.39 is 74.9 Å². The molecule has 5 aliphatic rings. The molecule has 7 rings (SSSR count). The monoisotopic (exact) mass is 670 g/mol. The number of benzene rings is 2. The van der Waals surface area contributed by atoms with Gasteiger partial charge in [-0.2, -0.15) is 0 Å². The van der Waals surface area contributed by atoms with Crippen LogP contribution in [0.5, 0.6) is 0 Å². The van der Waals surface area contributed by atoms with Crippen molar-refractivity contribution in [1.29, 1.82) is 0 Å². The van der Waals surface area contributed by atoms with Crippen LogP contribution in [0.15, 0.2) is 60.7 Å². The Morgan fingerprint density at radius 3 is 1.83 bits per heavy atom. The molecule has 0 bridgehead atoms. The fraction of sp³-hybridized carbons (Fsp3) is 0.667. The molecular weight excluding hydrogens is 620 g/mol. The average molecular weight is 671 g/mol. The van der Waals surface area contributed by atoms with E-state index in [0.29, 0.717) is 6.61 Å². The van der Waals surface area contributed by atoms with E-state index in [4.69, 9.17) is 47.1 Å². The van der Waals surface area contributed by atoms with Crippen molar-refractivity contribution in [3.63, 3.8) is 0 Å². The largest absolute Gasteiger partial charge is 0.405 e. The van der Waals surface area contributed by atoms with Crippen molar-refractivity contribution in [2.75, 3.05) is 13.2 Å². The Bertz CT molecular complexity index is 1360. The third kappa shape index (κ3) is 6.27. The van der Waals surface area contributed by atoms with Gasteiger partial charge in [-0.1, -0.05) is 81.4 Å². The van der Waals surface area contributed by atoms with E-state index in [1.165, 1.54) is 10.4 Å². The summed E-state index contributed by atoms with van der Waals surface area (Å²) >= 11 is 0. The van der Waals surface area contributed by atoms with Gasteiger partial charge in [-0.05, 0) is 57.0 Å². The van der Waals surface area contributed by atoms with E-state index >= 15 is 0 Å². The predicted molar refractivity (Wildman–Crippen MR) is 175 cm³/mol. The lowest BCUT2D eigenvalue weighted by Gasteiger charge is -2.43. The third-order valence-electron chi connectivity index (χ3n) is 9.70. The van der Waals surface area contributed by atoms with Crippen molar-refractivity contribution in [2.45, 2.75) is 140 Å². The van der Waals surface area contributed by atoms with Gasteiger partial charge in [0, 0.05) is 0 Å². The lowest BCUT2D eigenvalue weighted by molar-refractivity contribution is -0.275. The minimum Gasteiger partial charge on any atom is -0.405 e. The first kappa shape index (κ1) is 33.7. The van der Waals surface area contributed by atoms with Crippen LogP contribution in [0.4, 0.5) is 0 Å². The molecule has 5 aliphatic heterocycles. The summed E-state index contributed by atoms with van der Waals surface area (Å²) in [6.45, 7) is 18.8. The van der Waals surface area contributed by atoms with E-state index in [2.05, 4.69) is 69.3 Å². The van der Waals surface area contributed by atoms with Crippen LogP contribution in [0, 0.1) is 0 Å². The standard InChI is InChI=1S/C36H50O10Si/c1-33(2,3)47(22-16-12-10-13-17-22,23-18-14-11-15-19-23)38-21-24-26(29-32(39-24)46-36(8,9)44-29)40-31-30-28(43-35(6,7)45-30)27(41-31)25-20-37-34(4,5)42-25/h10-19,24-32H,20-21H2,1-9H3/t24-,25?,26+,27-,28+,29-,30+,31?,32-/m1/s1. The second-order valence-electron chi connectivity index (χ2n) is 15.6. The Morgan fingerprint density at radius 1 is 0.681 bits per heavy atom. The summed E-state index contributed by atoms with van der Waals surface area (Å²) in [6.07, 6.45) is -4.66. The zero-order valence-electron chi connectivity index (χ0n) is 29.0. The van der Waals surface area contributed by atoms with Gasteiger partial charge in [0.2, 0.25) is 0 Å². The molecule has 10 nitrogen and oxygen atoms in total. The topological polar surface area (TPSA) is 92.3 Å². The van der Waals surface area contributed by atoms with Crippen LogP contribution in [-0.4, -0.2) is 94.2 Å². The maximum atomic E-state index is 7.30. The van der Waals surface area contributed by atoms with E-state index in [-0.39, 0.29) is 17.7 Å². The summed E-state index contributed by atoms with van der Waals surface area (Å²) in [5.41, 5.74) is 0. The molecule has 11 heteroatoms. The van der Waals surface area contributed by atoms with Crippen LogP contribution in [-0.2, 0) is 47.1 Å². The quantitative estimate of drug-likeness (QED) is 0.381. The minimum atomic E-state index is -2.86. The molecule has 5 saturated heterocycles. The molecule has 0 amide bonds. The van der Waals surface area contributed by atoms with Gasteiger partial charge in [0.05, 0.1) is 13.2 Å². The normalized spacial score (nSPS) is 37.3. The molecule has 0 aliphatic carbocycles. The maximum Gasteiger partial charge on any atom is 0.261 e. The summed E-state index contributed by atoms with van der Waals surface area (Å²) in [7, 11) is -2.86. The second-order valence-corrected chi connectivity index (χ2v) is 19.9. The molecule has 0 N–H and O–H groups in total. The van der Waals surface area contributed by atoms with Gasteiger partial charge >= 0.3 is 0 Å². The van der Waals surface area contributed by atoms with Crippen LogP contribution in [0.25, 0.3) is 0 Å².